The highest BCUT2D eigenvalue weighted by atomic mass is 16.4. The van der Waals surface area contributed by atoms with Crippen molar-refractivity contribution in [3.05, 3.63) is 47.8 Å². The van der Waals surface area contributed by atoms with Crippen molar-refractivity contribution < 1.29 is 9.90 Å². The number of hydrogen-bond acceptors (Lipinski definition) is 1. The molecule has 0 aliphatic heterocycles. The van der Waals surface area contributed by atoms with Gasteiger partial charge in [-0.3, -0.25) is 0 Å². The van der Waals surface area contributed by atoms with E-state index in [1.807, 2.05) is 43.3 Å². The number of carbonyl (C=O) groups is 1. The van der Waals surface area contributed by atoms with Crippen LogP contribution in [-0.4, -0.2) is 16.1 Å². The molecule has 0 aliphatic carbocycles. The second-order valence-electron chi connectivity index (χ2n) is 3.41. The van der Waals surface area contributed by atoms with Crippen LogP contribution in [0, 0.1) is 6.92 Å². The number of hydrogen-bond donors (Lipinski definition) is 2. The summed E-state index contributed by atoms with van der Waals surface area (Å²) in [4.78, 5) is 13.8. The lowest BCUT2D eigenvalue weighted by atomic mass is 10.1. The molecule has 2 N–H and O–H groups in total. The number of benzene rings is 1. The maximum absolute atomic E-state index is 11.0. The second kappa shape index (κ2) is 3.61. The molecule has 0 atom stereocenters. The Labute approximate surface area is 87.4 Å². The highest BCUT2D eigenvalue weighted by molar-refractivity contribution is 5.94. The lowest BCUT2D eigenvalue weighted by molar-refractivity contribution is 0.0692. The highest BCUT2D eigenvalue weighted by Gasteiger charge is 2.13. The van der Waals surface area contributed by atoms with Crippen molar-refractivity contribution in [2.75, 3.05) is 0 Å². The molecule has 15 heavy (non-hydrogen) atoms. The molecule has 0 bridgehead atoms. The smallest absolute Gasteiger partial charge is 0.352 e. The van der Waals surface area contributed by atoms with E-state index in [1.165, 1.54) is 0 Å². The maximum atomic E-state index is 11.0. The summed E-state index contributed by atoms with van der Waals surface area (Å²) in [6, 6.07) is 11.3. The van der Waals surface area contributed by atoms with Gasteiger partial charge in [0, 0.05) is 11.3 Å². The molecule has 2 aromatic rings. The van der Waals surface area contributed by atoms with Crippen LogP contribution in [0.15, 0.2) is 36.4 Å². The van der Waals surface area contributed by atoms with Crippen molar-refractivity contribution >= 4 is 5.97 Å². The standard InChI is InChI=1S/C12H11NO2/c1-8-7-10(11(13-8)12(14)15)9-5-3-2-4-6-9/h2-7,13H,1H3,(H,14,15). The third-order valence-electron chi connectivity index (χ3n) is 2.25. The number of carboxylic acids is 1. The topological polar surface area (TPSA) is 53.1 Å². The molecule has 0 aliphatic rings. The van der Waals surface area contributed by atoms with Gasteiger partial charge >= 0.3 is 5.97 Å². The fourth-order valence-corrected chi connectivity index (χ4v) is 1.60. The first-order valence-corrected chi connectivity index (χ1v) is 4.67. The summed E-state index contributed by atoms with van der Waals surface area (Å²) in [5.41, 5.74) is 2.75. The molecule has 0 spiro atoms. The number of aryl methyl sites for hydroxylation is 1. The lowest BCUT2D eigenvalue weighted by Gasteiger charge is -1.99. The van der Waals surface area contributed by atoms with Gasteiger partial charge in [-0.05, 0) is 18.6 Å². The number of nitrogens with one attached hydrogen (secondary N) is 1. The van der Waals surface area contributed by atoms with Crippen LogP contribution < -0.4 is 0 Å². The van der Waals surface area contributed by atoms with Crippen LogP contribution in [0.2, 0.25) is 0 Å². The largest absolute Gasteiger partial charge is 0.477 e. The van der Waals surface area contributed by atoms with Crippen molar-refractivity contribution in [3.63, 3.8) is 0 Å². The van der Waals surface area contributed by atoms with Gasteiger partial charge in [0.1, 0.15) is 5.69 Å². The SMILES string of the molecule is Cc1cc(-c2ccccc2)c(C(=O)O)[nH]1. The Hall–Kier alpha value is -2.03. The normalized spacial score (nSPS) is 10.2. The van der Waals surface area contributed by atoms with E-state index in [2.05, 4.69) is 4.98 Å². The molecule has 0 radical (unpaired) electrons. The zero-order valence-electron chi connectivity index (χ0n) is 8.32. The summed E-state index contributed by atoms with van der Waals surface area (Å²) in [5.74, 6) is -0.929. The van der Waals surface area contributed by atoms with E-state index in [0.29, 0.717) is 0 Å². The van der Waals surface area contributed by atoms with Gasteiger partial charge in [-0.1, -0.05) is 30.3 Å². The molecule has 2 rings (SSSR count). The number of aromatic nitrogens is 1. The van der Waals surface area contributed by atoms with E-state index in [0.717, 1.165) is 16.8 Å². The summed E-state index contributed by atoms with van der Waals surface area (Å²) in [6.45, 7) is 1.85. The Morgan fingerprint density at radius 2 is 1.93 bits per heavy atom. The molecule has 1 aromatic carbocycles. The minimum Gasteiger partial charge on any atom is -0.477 e. The third kappa shape index (κ3) is 1.76. The van der Waals surface area contributed by atoms with Crippen LogP contribution in [0.4, 0.5) is 0 Å². The zero-order chi connectivity index (χ0) is 10.8. The van der Waals surface area contributed by atoms with E-state index in [-0.39, 0.29) is 5.69 Å². The van der Waals surface area contributed by atoms with E-state index >= 15 is 0 Å². The molecular weight excluding hydrogens is 190 g/mol. The van der Waals surface area contributed by atoms with Gasteiger partial charge in [-0.25, -0.2) is 4.79 Å². The molecular formula is C12H11NO2. The highest BCUT2D eigenvalue weighted by Crippen LogP contribution is 2.24. The number of aromatic amines is 1. The second-order valence-corrected chi connectivity index (χ2v) is 3.41. The molecule has 3 nitrogen and oxygen atoms in total. The van der Waals surface area contributed by atoms with Gasteiger partial charge in [0.25, 0.3) is 0 Å². The van der Waals surface area contributed by atoms with Crippen molar-refractivity contribution in [1.82, 2.24) is 4.98 Å². The first kappa shape index (κ1) is 9.52. The van der Waals surface area contributed by atoms with Crippen LogP contribution in [0.3, 0.4) is 0 Å². The van der Waals surface area contributed by atoms with E-state index < -0.39 is 5.97 Å². The first-order valence-electron chi connectivity index (χ1n) is 4.67. The first-order chi connectivity index (χ1) is 7.18. The van der Waals surface area contributed by atoms with Gasteiger partial charge in [0.2, 0.25) is 0 Å². The van der Waals surface area contributed by atoms with E-state index in [9.17, 15) is 4.79 Å². The number of aromatic carboxylic acids is 1. The van der Waals surface area contributed by atoms with E-state index in [1.54, 1.807) is 0 Å². The lowest BCUT2D eigenvalue weighted by Crippen LogP contribution is -1.98. The van der Waals surface area contributed by atoms with Crippen molar-refractivity contribution in [3.8, 4) is 11.1 Å². The average molecular weight is 201 g/mol. The minimum atomic E-state index is -0.929. The van der Waals surface area contributed by atoms with Gasteiger partial charge in [-0.2, -0.15) is 0 Å². The Kier molecular flexibility index (Phi) is 2.29. The van der Waals surface area contributed by atoms with Crippen LogP contribution in [0.5, 0.6) is 0 Å². The summed E-state index contributed by atoms with van der Waals surface area (Å²) in [5, 5.41) is 9.01. The van der Waals surface area contributed by atoms with Gasteiger partial charge in [0.15, 0.2) is 0 Å². The number of carboxylic acid groups (broad SMARTS) is 1. The molecule has 0 fully saturated rings. The summed E-state index contributed by atoms with van der Waals surface area (Å²) in [7, 11) is 0. The Balaban J connectivity index is 2.58. The number of H-pyrrole nitrogens is 1. The predicted octanol–water partition coefficient (Wildman–Crippen LogP) is 2.69. The number of rotatable bonds is 2. The Morgan fingerprint density at radius 3 is 2.53 bits per heavy atom. The fraction of sp³-hybridized carbons (Fsp3) is 0.0833. The van der Waals surface area contributed by atoms with E-state index in [4.69, 9.17) is 5.11 Å². The summed E-state index contributed by atoms with van der Waals surface area (Å²) >= 11 is 0. The Morgan fingerprint density at radius 1 is 1.27 bits per heavy atom. The van der Waals surface area contributed by atoms with Gasteiger partial charge < -0.3 is 10.1 Å². The fourth-order valence-electron chi connectivity index (χ4n) is 1.60. The molecule has 3 heteroatoms. The van der Waals surface area contributed by atoms with Gasteiger partial charge in [-0.15, -0.1) is 0 Å². The quantitative estimate of drug-likeness (QED) is 0.784. The predicted molar refractivity (Wildman–Crippen MR) is 57.9 cm³/mol. The Bertz CT molecular complexity index is 486. The molecule has 0 amide bonds. The molecule has 0 saturated carbocycles. The van der Waals surface area contributed by atoms with Crippen LogP contribution >= 0.6 is 0 Å². The van der Waals surface area contributed by atoms with Gasteiger partial charge in [0.05, 0.1) is 0 Å². The molecule has 76 valence electrons. The third-order valence-corrected chi connectivity index (χ3v) is 2.25. The summed E-state index contributed by atoms with van der Waals surface area (Å²) < 4.78 is 0. The van der Waals surface area contributed by atoms with Crippen molar-refractivity contribution in [2.45, 2.75) is 6.92 Å². The average Bonchev–Trinajstić information content (AvgIpc) is 2.62. The molecule has 0 saturated heterocycles. The maximum Gasteiger partial charge on any atom is 0.352 e. The van der Waals surface area contributed by atoms with Crippen molar-refractivity contribution in [1.29, 1.82) is 0 Å². The van der Waals surface area contributed by atoms with Crippen LogP contribution in [0.1, 0.15) is 16.2 Å². The monoisotopic (exact) mass is 201 g/mol. The van der Waals surface area contributed by atoms with Crippen LogP contribution in [0.25, 0.3) is 11.1 Å². The molecule has 1 aromatic heterocycles. The molecule has 0 unspecified atom stereocenters. The zero-order valence-corrected chi connectivity index (χ0v) is 8.32. The minimum absolute atomic E-state index is 0.249. The summed E-state index contributed by atoms with van der Waals surface area (Å²) in [6.07, 6.45) is 0. The molecule has 1 heterocycles. The van der Waals surface area contributed by atoms with Crippen LogP contribution in [-0.2, 0) is 0 Å². The van der Waals surface area contributed by atoms with Crippen molar-refractivity contribution in [2.24, 2.45) is 0 Å².